The maximum atomic E-state index is 10.9. The van der Waals surface area contributed by atoms with Crippen molar-refractivity contribution in [2.45, 2.75) is 13.5 Å². The number of allylic oxidation sites excluding steroid dienone is 1. The second kappa shape index (κ2) is 3.73. The zero-order chi connectivity index (χ0) is 10.8. The molecule has 1 aromatic carbocycles. The van der Waals surface area contributed by atoms with Crippen LogP contribution in [-0.4, -0.2) is 10.9 Å². The normalized spacial score (nSPS) is 10.5. The zero-order valence-corrected chi connectivity index (χ0v) is 8.73. The van der Waals surface area contributed by atoms with Gasteiger partial charge in [0, 0.05) is 23.7 Å². The van der Waals surface area contributed by atoms with Gasteiger partial charge in [0.1, 0.15) is 0 Å². The monoisotopic (exact) mass is 199 g/mol. The topological polar surface area (TPSA) is 22.0 Å². The predicted octanol–water partition coefficient (Wildman–Crippen LogP) is 3.03. The van der Waals surface area contributed by atoms with Crippen LogP contribution in [0.4, 0.5) is 0 Å². The van der Waals surface area contributed by atoms with E-state index in [1.807, 2.05) is 37.4 Å². The van der Waals surface area contributed by atoms with Crippen molar-refractivity contribution in [3.8, 4) is 0 Å². The zero-order valence-electron chi connectivity index (χ0n) is 8.73. The van der Waals surface area contributed by atoms with Gasteiger partial charge in [-0.05, 0) is 19.1 Å². The van der Waals surface area contributed by atoms with E-state index in [-0.39, 0.29) is 0 Å². The second-order valence-corrected chi connectivity index (χ2v) is 3.80. The minimum absolute atomic E-state index is 0.735. The SMILES string of the molecule is C=C(C)Cn1ccc2cccc(C=O)c21. The molecule has 0 bridgehead atoms. The molecule has 0 N–H and O–H groups in total. The first kappa shape index (κ1) is 9.71. The molecule has 1 aromatic heterocycles. The molecule has 0 aliphatic heterocycles. The van der Waals surface area contributed by atoms with Crippen molar-refractivity contribution >= 4 is 17.2 Å². The summed E-state index contributed by atoms with van der Waals surface area (Å²) in [7, 11) is 0. The molecule has 15 heavy (non-hydrogen) atoms. The second-order valence-electron chi connectivity index (χ2n) is 3.80. The van der Waals surface area contributed by atoms with Gasteiger partial charge < -0.3 is 4.57 Å². The summed E-state index contributed by atoms with van der Waals surface area (Å²) < 4.78 is 2.06. The summed E-state index contributed by atoms with van der Waals surface area (Å²) in [5.74, 6) is 0. The Labute approximate surface area is 88.8 Å². The molecule has 2 nitrogen and oxygen atoms in total. The Morgan fingerprint density at radius 2 is 2.27 bits per heavy atom. The lowest BCUT2D eigenvalue weighted by molar-refractivity contribution is 0.112. The number of hydrogen-bond donors (Lipinski definition) is 0. The molecule has 1 heterocycles. The average molecular weight is 199 g/mol. The molecule has 0 saturated heterocycles. The summed E-state index contributed by atoms with van der Waals surface area (Å²) in [6, 6.07) is 7.77. The molecule has 0 saturated carbocycles. The number of hydrogen-bond acceptors (Lipinski definition) is 1. The number of aromatic nitrogens is 1. The van der Waals surface area contributed by atoms with Crippen LogP contribution in [0.3, 0.4) is 0 Å². The molecule has 0 amide bonds. The first-order chi connectivity index (χ1) is 7.22. The summed E-state index contributed by atoms with van der Waals surface area (Å²) >= 11 is 0. The Bertz CT molecular complexity index is 522. The molecular weight excluding hydrogens is 186 g/mol. The van der Waals surface area contributed by atoms with Gasteiger partial charge >= 0.3 is 0 Å². The molecule has 2 heteroatoms. The number of aldehydes is 1. The molecule has 0 fully saturated rings. The van der Waals surface area contributed by atoms with Gasteiger partial charge in [-0.25, -0.2) is 0 Å². The highest BCUT2D eigenvalue weighted by Crippen LogP contribution is 2.19. The number of nitrogens with zero attached hydrogens (tertiary/aromatic N) is 1. The van der Waals surface area contributed by atoms with Crippen molar-refractivity contribution in [3.63, 3.8) is 0 Å². The molecule has 0 aliphatic carbocycles. The van der Waals surface area contributed by atoms with Crippen LogP contribution >= 0.6 is 0 Å². The van der Waals surface area contributed by atoms with Crippen LogP contribution in [0, 0.1) is 0 Å². The lowest BCUT2D eigenvalue weighted by atomic mass is 10.1. The van der Waals surface area contributed by atoms with Crippen LogP contribution in [0.15, 0.2) is 42.6 Å². The number of rotatable bonds is 3. The van der Waals surface area contributed by atoms with Gasteiger partial charge in [-0.15, -0.1) is 0 Å². The standard InChI is InChI=1S/C13H13NO/c1-10(2)8-14-7-6-11-4-3-5-12(9-15)13(11)14/h3-7,9H,1,8H2,2H3. The minimum Gasteiger partial charge on any atom is -0.343 e. The van der Waals surface area contributed by atoms with Gasteiger partial charge in [-0.2, -0.15) is 0 Å². The maximum Gasteiger partial charge on any atom is 0.152 e. The van der Waals surface area contributed by atoms with Crippen LogP contribution < -0.4 is 0 Å². The predicted molar refractivity (Wildman–Crippen MR) is 62.1 cm³/mol. The highest BCUT2D eigenvalue weighted by atomic mass is 16.1. The van der Waals surface area contributed by atoms with E-state index in [4.69, 9.17) is 0 Å². The third kappa shape index (κ3) is 1.71. The molecule has 2 aromatic rings. The quantitative estimate of drug-likeness (QED) is 0.550. The van der Waals surface area contributed by atoms with E-state index >= 15 is 0 Å². The van der Waals surface area contributed by atoms with Gasteiger partial charge in [0.15, 0.2) is 6.29 Å². The lowest BCUT2D eigenvalue weighted by Crippen LogP contribution is -1.98. The molecule has 2 rings (SSSR count). The Balaban J connectivity index is 2.65. The van der Waals surface area contributed by atoms with Crippen molar-refractivity contribution in [3.05, 3.63) is 48.2 Å². The fourth-order valence-electron chi connectivity index (χ4n) is 1.81. The van der Waals surface area contributed by atoms with Crippen molar-refractivity contribution < 1.29 is 4.79 Å². The number of carbonyl (C=O) groups is 1. The van der Waals surface area contributed by atoms with E-state index in [2.05, 4.69) is 11.1 Å². The third-order valence-corrected chi connectivity index (χ3v) is 2.39. The maximum absolute atomic E-state index is 10.9. The summed E-state index contributed by atoms with van der Waals surface area (Å²) in [5.41, 5.74) is 2.81. The largest absolute Gasteiger partial charge is 0.343 e. The summed E-state index contributed by atoms with van der Waals surface area (Å²) in [6.45, 7) is 6.62. The summed E-state index contributed by atoms with van der Waals surface area (Å²) in [5, 5.41) is 1.10. The van der Waals surface area contributed by atoms with Crippen LogP contribution in [0.1, 0.15) is 17.3 Å². The van der Waals surface area contributed by atoms with E-state index in [9.17, 15) is 4.79 Å². The van der Waals surface area contributed by atoms with E-state index in [1.165, 1.54) is 0 Å². The molecule has 0 unspecified atom stereocenters. The Kier molecular flexibility index (Phi) is 2.42. The van der Waals surface area contributed by atoms with Crippen LogP contribution in [0.25, 0.3) is 10.9 Å². The number of para-hydroxylation sites is 1. The fourth-order valence-corrected chi connectivity index (χ4v) is 1.81. The molecular formula is C13H13NO. The third-order valence-electron chi connectivity index (χ3n) is 2.39. The van der Waals surface area contributed by atoms with Crippen LogP contribution in [-0.2, 0) is 6.54 Å². The summed E-state index contributed by atoms with van der Waals surface area (Å²) in [6.07, 6.45) is 2.89. The van der Waals surface area contributed by atoms with Crippen molar-refractivity contribution in [1.82, 2.24) is 4.57 Å². The number of fused-ring (bicyclic) bond motifs is 1. The van der Waals surface area contributed by atoms with Gasteiger partial charge in [0.25, 0.3) is 0 Å². The van der Waals surface area contributed by atoms with E-state index < -0.39 is 0 Å². The van der Waals surface area contributed by atoms with Crippen molar-refractivity contribution in [2.24, 2.45) is 0 Å². The van der Waals surface area contributed by atoms with Gasteiger partial charge in [-0.3, -0.25) is 4.79 Å². The van der Waals surface area contributed by atoms with E-state index in [0.717, 1.165) is 34.9 Å². The van der Waals surface area contributed by atoms with Crippen LogP contribution in [0.2, 0.25) is 0 Å². The average Bonchev–Trinajstić information content (AvgIpc) is 2.61. The fraction of sp³-hybridized carbons (Fsp3) is 0.154. The first-order valence-corrected chi connectivity index (χ1v) is 4.90. The molecule has 76 valence electrons. The van der Waals surface area contributed by atoms with Crippen LogP contribution in [0.5, 0.6) is 0 Å². The molecule has 0 aliphatic rings. The van der Waals surface area contributed by atoms with Gasteiger partial charge in [0.2, 0.25) is 0 Å². The van der Waals surface area contributed by atoms with E-state index in [1.54, 1.807) is 0 Å². The minimum atomic E-state index is 0.735. The van der Waals surface area contributed by atoms with Crippen molar-refractivity contribution in [1.29, 1.82) is 0 Å². The molecule has 0 radical (unpaired) electrons. The van der Waals surface area contributed by atoms with Gasteiger partial charge in [0.05, 0.1) is 5.52 Å². The smallest absolute Gasteiger partial charge is 0.152 e. The first-order valence-electron chi connectivity index (χ1n) is 4.90. The highest BCUT2D eigenvalue weighted by Gasteiger charge is 2.05. The number of benzene rings is 1. The van der Waals surface area contributed by atoms with Gasteiger partial charge in [-0.1, -0.05) is 24.3 Å². The Morgan fingerprint density at radius 3 is 2.93 bits per heavy atom. The Hall–Kier alpha value is -1.83. The van der Waals surface area contributed by atoms with Crippen molar-refractivity contribution in [2.75, 3.05) is 0 Å². The summed E-state index contributed by atoms with van der Waals surface area (Å²) in [4.78, 5) is 10.9. The lowest BCUT2D eigenvalue weighted by Gasteiger charge is -2.06. The molecule has 0 atom stereocenters. The molecule has 0 spiro atoms. The van der Waals surface area contributed by atoms with E-state index in [0.29, 0.717) is 0 Å². The number of carbonyl (C=O) groups excluding carboxylic acids is 1. The Morgan fingerprint density at radius 1 is 1.47 bits per heavy atom. The highest BCUT2D eigenvalue weighted by molar-refractivity contribution is 5.96.